The molecule has 4 rings (SSSR count). The fourth-order valence-corrected chi connectivity index (χ4v) is 5.01. The van der Waals surface area contributed by atoms with Crippen molar-refractivity contribution < 1.29 is 9.13 Å². The van der Waals surface area contributed by atoms with Crippen LogP contribution in [0.1, 0.15) is 23.1 Å². The summed E-state index contributed by atoms with van der Waals surface area (Å²) in [6.45, 7) is 2.48. The molecule has 2 atom stereocenters. The molecule has 0 saturated heterocycles. The first-order valence-electron chi connectivity index (χ1n) is 10.3. The van der Waals surface area contributed by atoms with Gasteiger partial charge < -0.3 is 4.74 Å². The molecule has 0 saturated carbocycles. The number of ether oxygens (including phenoxy) is 1. The van der Waals surface area contributed by atoms with E-state index in [4.69, 9.17) is 4.74 Å². The predicted octanol–water partition coefficient (Wildman–Crippen LogP) is 6.02. The second-order valence-corrected chi connectivity index (χ2v) is 8.93. The van der Waals surface area contributed by atoms with E-state index in [1.165, 1.54) is 5.56 Å². The molecule has 0 N–H and O–H groups in total. The first kappa shape index (κ1) is 20.6. The summed E-state index contributed by atoms with van der Waals surface area (Å²) >= 11 is 0. The molecule has 152 valence electrons. The van der Waals surface area contributed by atoms with Crippen LogP contribution in [0, 0.1) is 18.7 Å². The first-order valence-corrected chi connectivity index (χ1v) is 11.3. The zero-order chi connectivity index (χ0) is 20.8. The zero-order valence-corrected chi connectivity index (χ0v) is 18.1. The quantitative estimate of drug-likeness (QED) is 0.428. The van der Waals surface area contributed by atoms with Gasteiger partial charge in [0, 0.05) is 10.6 Å². The SMILES string of the molecule is Cc1cccc(F)c1Pc1cccc(CC2C=CC=CC2)c1OCc1ccccc1. The Labute approximate surface area is 180 Å². The van der Waals surface area contributed by atoms with Crippen molar-refractivity contribution >= 4 is 19.2 Å². The van der Waals surface area contributed by atoms with Crippen molar-refractivity contribution in [2.75, 3.05) is 0 Å². The largest absolute Gasteiger partial charge is 0.488 e. The monoisotopic (exact) mass is 416 g/mol. The molecule has 0 heterocycles. The van der Waals surface area contributed by atoms with Crippen LogP contribution in [0.2, 0.25) is 0 Å². The Bertz CT molecular complexity index is 1040. The van der Waals surface area contributed by atoms with Gasteiger partial charge in [0.05, 0.1) is 0 Å². The highest BCUT2D eigenvalue weighted by atomic mass is 31.1. The average molecular weight is 416 g/mol. The second-order valence-electron chi connectivity index (χ2n) is 7.64. The topological polar surface area (TPSA) is 9.23 Å². The van der Waals surface area contributed by atoms with E-state index in [9.17, 15) is 4.39 Å². The Hall–Kier alpha value is -2.70. The summed E-state index contributed by atoms with van der Waals surface area (Å²) in [5.74, 6) is 1.22. The molecule has 1 aliphatic carbocycles. The van der Waals surface area contributed by atoms with Crippen LogP contribution >= 0.6 is 8.58 Å². The van der Waals surface area contributed by atoms with Crippen LogP contribution in [0.5, 0.6) is 5.75 Å². The van der Waals surface area contributed by atoms with Gasteiger partial charge in [-0.25, -0.2) is 4.39 Å². The number of hydrogen-bond donors (Lipinski definition) is 0. The molecule has 0 aromatic heterocycles. The highest BCUT2D eigenvalue weighted by molar-refractivity contribution is 7.55. The van der Waals surface area contributed by atoms with E-state index in [2.05, 4.69) is 54.6 Å². The Morgan fingerprint density at radius 3 is 2.57 bits per heavy atom. The molecule has 0 aliphatic heterocycles. The summed E-state index contributed by atoms with van der Waals surface area (Å²) in [6, 6.07) is 21.8. The second kappa shape index (κ2) is 9.87. The summed E-state index contributed by atoms with van der Waals surface area (Å²) in [7, 11) is 0.217. The van der Waals surface area contributed by atoms with Crippen LogP contribution in [-0.2, 0) is 13.0 Å². The lowest BCUT2D eigenvalue weighted by atomic mass is 9.93. The molecule has 0 bridgehead atoms. The Kier molecular flexibility index (Phi) is 6.77. The molecule has 1 aliphatic rings. The van der Waals surface area contributed by atoms with E-state index in [0.29, 0.717) is 12.5 Å². The minimum atomic E-state index is -0.145. The number of hydrogen-bond acceptors (Lipinski definition) is 1. The number of para-hydroxylation sites is 1. The molecular weight excluding hydrogens is 390 g/mol. The van der Waals surface area contributed by atoms with Crippen molar-refractivity contribution in [3.63, 3.8) is 0 Å². The normalized spacial score (nSPS) is 15.7. The molecule has 3 heteroatoms. The van der Waals surface area contributed by atoms with Crippen LogP contribution < -0.4 is 15.3 Å². The van der Waals surface area contributed by atoms with Gasteiger partial charge in [-0.05, 0) is 48.4 Å². The van der Waals surface area contributed by atoms with Gasteiger partial charge in [-0.3, -0.25) is 0 Å². The smallest absolute Gasteiger partial charge is 0.131 e. The van der Waals surface area contributed by atoms with Gasteiger partial charge in [-0.1, -0.05) is 93.5 Å². The Morgan fingerprint density at radius 1 is 0.967 bits per heavy atom. The molecule has 0 fully saturated rings. The van der Waals surface area contributed by atoms with E-state index >= 15 is 0 Å². The summed E-state index contributed by atoms with van der Waals surface area (Å²) < 4.78 is 20.9. The highest BCUT2D eigenvalue weighted by Crippen LogP contribution is 2.29. The van der Waals surface area contributed by atoms with Crippen LogP contribution in [0.25, 0.3) is 0 Å². The number of allylic oxidation sites excluding steroid dienone is 4. The molecule has 30 heavy (non-hydrogen) atoms. The van der Waals surface area contributed by atoms with Crippen molar-refractivity contribution in [3.8, 4) is 5.75 Å². The third-order valence-electron chi connectivity index (χ3n) is 5.36. The minimum absolute atomic E-state index is 0.145. The van der Waals surface area contributed by atoms with Gasteiger partial charge in [0.25, 0.3) is 0 Å². The molecule has 0 radical (unpaired) electrons. The van der Waals surface area contributed by atoms with Gasteiger partial charge in [-0.2, -0.15) is 0 Å². The minimum Gasteiger partial charge on any atom is -0.488 e. The molecule has 3 aromatic carbocycles. The van der Waals surface area contributed by atoms with Crippen LogP contribution in [-0.4, -0.2) is 0 Å². The van der Waals surface area contributed by atoms with E-state index in [1.807, 2.05) is 31.2 Å². The first-order chi connectivity index (χ1) is 14.7. The maximum atomic E-state index is 14.5. The third kappa shape index (κ3) is 5.07. The van der Waals surface area contributed by atoms with Crippen molar-refractivity contribution in [2.45, 2.75) is 26.4 Å². The highest BCUT2D eigenvalue weighted by Gasteiger charge is 2.17. The van der Waals surface area contributed by atoms with E-state index in [0.717, 1.165) is 40.3 Å². The third-order valence-corrected chi connectivity index (χ3v) is 6.90. The van der Waals surface area contributed by atoms with E-state index in [1.54, 1.807) is 12.1 Å². The zero-order valence-electron chi connectivity index (χ0n) is 17.1. The van der Waals surface area contributed by atoms with Crippen molar-refractivity contribution in [3.05, 3.63) is 114 Å². The van der Waals surface area contributed by atoms with Gasteiger partial charge >= 0.3 is 0 Å². The number of rotatable bonds is 7. The lowest BCUT2D eigenvalue weighted by molar-refractivity contribution is 0.304. The molecule has 0 spiro atoms. The van der Waals surface area contributed by atoms with Gasteiger partial charge in [0.1, 0.15) is 18.2 Å². The van der Waals surface area contributed by atoms with E-state index in [-0.39, 0.29) is 14.4 Å². The van der Waals surface area contributed by atoms with Crippen molar-refractivity contribution in [1.82, 2.24) is 0 Å². The molecule has 0 amide bonds. The fourth-order valence-electron chi connectivity index (χ4n) is 3.73. The molecular formula is C27H26FOP. The molecule has 1 nitrogen and oxygen atoms in total. The lowest BCUT2D eigenvalue weighted by Gasteiger charge is -2.20. The van der Waals surface area contributed by atoms with Crippen LogP contribution in [0.3, 0.4) is 0 Å². The summed E-state index contributed by atoms with van der Waals surface area (Å²) in [5, 5.41) is 1.83. The van der Waals surface area contributed by atoms with Gasteiger partial charge in [-0.15, -0.1) is 0 Å². The Morgan fingerprint density at radius 2 is 1.80 bits per heavy atom. The van der Waals surface area contributed by atoms with Crippen LogP contribution in [0.15, 0.2) is 91.0 Å². The summed E-state index contributed by atoms with van der Waals surface area (Å²) in [5.41, 5.74) is 3.30. The number of aryl methyl sites for hydroxylation is 1. The maximum Gasteiger partial charge on any atom is 0.131 e. The maximum absolute atomic E-state index is 14.5. The average Bonchev–Trinajstić information content (AvgIpc) is 2.77. The summed E-state index contributed by atoms with van der Waals surface area (Å²) in [4.78, 5) is 0. The van der Waals surface area contributed by atoms with Crippen LogP contribution in [0.4, 0.5) is 4.39 Å². The number of halogens is 1. The van der Waals surface area contributed by atoms with Crippen molar-refractivity contribution in [1.29, 1.82) is 0 Å². The standard InChI is InChI=1S/C27H26FOP/c1-20-10-8-16-24(28)27(20)30-25-17-9-15-23(18-21-11-4-2-5-12-21)26(25)29-19-22-13-6-3-7-14-22/h2-11,13-17,21,30H,12,18-19H2,1H3. The van der Waals surface area contributed by atoms with Gasteiger partial charge in [0.2, 0.25) is 0 Å². The molecule has 2 unspecified atom stereocenters. The summed E-state index contributed by atoms with van der Waals surface area (Å²) in [6.07, 6.45) is 10.6. The lowest BCUT2D eigenvalue weighted by Crippen LogP contribution is -2.16. The van der Waals surface area contributed by atoms with Crippen molar-refractivity contribution in [2.24, 2.45) is 5.92 Å². The fraction of sp³-hybridized carbons (Fsp3) is 0.185. The Balaban J connectivity index is 1.66. The number of benzene rings is 3. The predicted molar refractivity (Wildman–Crippen MR) is 126 cm³/mol. The molecule has 3 aromatic rings. The van der Waals surface area contributed by atoms with E-state index < -0.39 is 0 Å². The van der Waals surface area contributed by atoms with Gasteiger partial charge in [0.15, 0.2) is 0 Å².